The van der Waals surface area contributed by atoms with Crippen LogP contribution in [0.5, 0.6) is 11.6 Å². The number of nitrogens with zero attached hydrogens (tertiary/aromatic N) is 2. The molecule has 0 aliphatic carbocycles. The maximum Gasteiger partial charge on any atom is 0.259 e. The molecule has 2 N–H and O–H groups in total. The Labute approximate surface area is 174 Å². The molecule has 2 aromatic rings. The Kier molecular flexibility index (Phi) is 8.93. The first-order valence-corrected chi connectivity index (χ1v) is 8.43. The van der Waals surface area contributed by atoms with Crippen molar-refractivity contribution in [2.24, 2.45) is 5.73 Å². The number of halogens is 4. The average Bonchev–Trinajstić information content (AvgIpc) is 2.58. The molecule has 26 heavy (non-hydrogen) atoms. The van der Waals surface area contributed by atoms with Crippen LogP contribution >= 0.6 is 48.0 Å². The van der Waals surface area contributed by atoms with Crippen LogP contribution in [0.1, 0.15) is 23.2 Å². The monoisotopic (exact) mass is 437 g/mol. The number of nitrogens with two attached hydrogens (primary N) is 1. The Morgan fingerprint density at radius 1 is 1.19 bits per heavy atom. The van der Waals surface area contributed by atoms with Crippen LogP contribution in [0.3, 0.4) is 0 Å². The Hall–Kier alpha value is -1.24. The van der Waals surface area contributed by atoms with Gasteiger partial charge in [-0.1, -0.05) is 23.2 Å². The lowest BCUT2D eigenvalue weighted by Gasteiger charge is -2.30. The molecule has 1 amide bonds. The van der Waals surface area contributed by atoms with Gasteiger partial charge in [0.05, 0.1) is 5.02 Å². The first-order valence-electron chi connectivity index (χ1n) is 7.67. The highest BCUT2D eigenvalue weighted by molar-refractivity contribution is 6.35. The predicted octanol–water partition coefficient (Wildman–Crippen LogP) is 4.59. The lowest BCUT2D eigenvalue weighted by atomic mass is 10.1. The molecule has 0 bridgehead atoms. The Morgan fingerprint density at radius 2 is 1.88 bits per heavy atom. The number of hydrogen-bond acceptors (Lipinski definition) is 4. The van der Waals surface area contributed by atoms with Crippen molar-refractivity contribution in [1.82, 2.24) is 9.88 Å². The molecule has 9 heteroatoms. The van der Waals surface area contributed by atoms with Crippen molar-refractivity contribution < 1.29 is 9.53 Å². The zero-order valence-electron chi connectivity index (χ0n) is 13.7. The highest BCUT2D eigenvalue weighted by atomic mass is 35.5. The molecule has 5 nitrogen and oxygen atoms in total. The zero-order chi connectivity index (χ0) is 17.1. The second-order valence-electron chi connectivity index (χ2n) is 5.66. The third-order valence-corrected chi connectivity index (χ3v) is 4.46. The van der Waals surface area contributed by atoms with E-state index in [2.05, 4.69) is 4.98 Å². The smallest absolute Gasteiger partial charge is 0.259 e. The van der Waals surface area contributed by atoms with E-state index in [1.165, 1.54) is 0 Å². The second-order valence-corrected chi connectivity index (χ2v) is 6.51. The van der Waals surface area contributed by atoms with Gasteiger partial charge in [-0.3, -0.25) is 4.79 Å². The summed E-state index contributed by atoms with van der Waals surface area (Å²) in [6, 6.07) is 8.45. The van der Waals surface area contributed by atoms with E-state index in [9.17, 15) is 4.79 Å². The number of amides is 1. The Morgan fingerprint density at radius 3 is 2.54 bits per heavy atom. The molecular formula is C17H19Cl4N3O2. The van der Waals surface area contributed by atoms with E-state index in [4.69, 9.17) is 33.7 Å². The van der Waals surface area contributed by atoms with E-state index in [1.807, 2.05) is 0 Å². The first-order chi connectivity index (χ1) is 11.5. The second kappa shape index (κ2) is 10.2. The van der Waals surface area contributed by atoms with Crippen molar-refractivity contribution in [1.29, 1.82) is 0 Å². The maximum atomic E-state index is 12.8. The van der Waals surface area contributed by atoms with Gasteiger partial charge in [-0.15, -0.1) is 24.8 Å². The highest BCUT2D eigenvalue weighted by Gasteiger charge is 2.25. The molecule has 1 aliphatic rings. The minimum Gasteiger partial charge on any atom is -0.437 e. The molecule has 3 rings (SSSR count). The van der Waals surface area contributed by atoms with E-state index in [1.54, 1.807) is 41.4 Å². The molecule has 1 fully saturated rings. The molecule has 0 spiro atoms. The summed E-state index contributed by atoms with van der Waals surface area (Å²) in [5, 5.41) is 0.866. The van der Waals surface area contributed by atoms with E-state index < -0.39 is 0 Å². The molecule has 142 valence electrons. The van der Waals surface area contributed by atoms with Crippen LogP contribution in [0.2, 0.25) is 10.0 Å². The number of hydrogen-bond donors (Lipinski definition) is 1. The molecule has 1 saturated heterocycles. The van der Waals surface area contributed by atoms with Crippen molar-refractivity contribution in [3.63, 3.8) is 0 Å². The van der Waals surface area contributed by atoms with Crippen molar-refractivity contribution in [3.05, 3.63) is 52.1 Å². The van der Waals surface area contributed by atoms with Gasteiger partial charge in [-0.2, -0.15) is 0 Å². The van der Waals surface area contributed by atoms with E-state index in [0.717, 1.165) is 12.8 Å². The lowest BCUT2D eigenvalue weighted by Crippen LogP contribution is -2.42. The van der Waals surface area contributed by atoms with Crippen LogP contribution in [-0.4, -0.2) is 34.9 Å². The van der Waals surface area contributed by atoms with Gasteiger partial charge in [0.25, 0.3) is 5.91 Å². The highest BCUT2D eigenvalue weighted by Crippen LogP contribution is 2.32. The van der Waals surface area contributed by atoms with E-state index >= 15 is 0 Å². The third kappa shape index (κ3) is 5.38. The molecule has 0 unspecified atom stereocenters. The van der Waals surface area contributed by atoms with Gasteiger partial charge in [-0.05, 0) is 43.2 Å². The van der Waals surface area contributed by atoms with Gasteiger partial charge < -0.3 is 15.4 Å². The van der Waals surface area contributed by atoms with Gasteiger partial charge in [-0.25, -0.2) is 4.98 Å². The van der Waals surface area contributed by atoms with Crippen molar-refractivity contribution >= 4 is 53.9 Å². The summed E-state index contributed by atoms with van der Waals surface area (Å²) in [5.74, 6) is 0.506. The number of ether oxygens (including phenoxy) is 1. The van der Waals surface area contributed by atoms with Gasteiger partial charge >= 0.3 is 0 Å². The predicted molar refractivity (Wildman–Crippen MR) is 108 cm³/mol. The molecule has 0 radical (unpaired) electrons. The van der Waals surface area contributed by atoms with Crippen LogP contribution in [0.15, 0.2) is 36.5 Å². The molecule has 1 aliphatic heterocycles. The molecule has 2 heterocycles. The molecule has 1 aromatic carbocycles. The average molecular weight is 439 g/mol. The van der Waals surface area contributed by atoms with Gasteiger partial charge in [0.2, 0.25) is 5.88 Å². The van der Waals surface area contributed by atoms with Crippen LogP contribution in [-0.2, 0) is 0 Å². The number of aromatic nitrogens is 1. The SMILES string of the molecule is Cl.Cl.NC1CCN(C(=O)c2cccnc2Oc2ccc(Cl)cc2Cl)CC1. The summed E-state index contributed by atoms with van der Waals surface area (Å²) in [6.07, 6.45) is 3.17. The van der Waals surface area contributed by atoms with Gasteiger partial charge in [0.1, 0.15) is 11.3 Å². The summed E-state index contributed by atoms with van der Waals surface area (Å²) in [7, 11) is 0. The molecule has 0 saturated carbocycles. The van der Waals surface area contributed by atoms with Crippen LogP contribution in [0.4, 0.5) is 0 Å². The van der Waals surface area contributed by atoms with Crippen molar-refractivity contribution in [2.45, 2.75) is 18.9 Å². The standard InChI is InChI=1S/C17H17Cl2N3O2.2ClH/c18-11-3-4-15(14(19)10-11)24-16-13(2-1-7-21-16)17(23)22-8-5-12(20)6-9-22;;/h1-4,7,10,12H,5-6,8-9,20H2;2*1H. The summed E-state index contributed by atoms with van der Waals surface area (Å²) in [4.78, 5) is 18.7. The van der Waals surface area contributed by atoms with E-state index in [-0.39, 0.29) is 42.6 Å². The first kappa shape index (κ1) is 22.8. The van der Waals surface area contributed by atoms with Crippen LogP contribution < -0.4 is 10.5 Å². The Bertz CT molecular complexity index is 753. The minimum atomic E-state index is -0.116. The summed E-state index contributed by atoms with van der Waals surface area (Å²) in [6.45, 7) is 1.27. The summed E-state index contributed by atoms with van der Waals surface area (Å²) < 4.78 is 5.75. The van der Waals surface area contributed by atoms with E-state index in [0.29, 0.717) is 34.4 Å². The fourth-order valence-electron chi connectivity index (χ4n) is 2.57. The van der Waals surface area contributed by atoms with Crippen LogP contribution in [0.25, 0.3) is 0 Å². The number of carbonyl (C=O) groups excluding carboxylic acids is 1. The van der Waals surface area contributed by atoms with Crippen molar-refractivity contribution in [3.8, 4) is 11.6 Å². The quantitative estimate of drug-likeness (QED) is 0.760. The number of likely N-dealkylation sites (tertiary alicyclic amines) is 1. The molecule has 1 aromatic heterocycles. The topological polar surface area (TPSA) is 68.5 Å². The molecular weight excluding hydrogens is 420 g/mol. The summed E-state index contributed by atoms with van der Waals surface area (Å²) >= 11 is 12.0. The number of carbonyl (C=O) groups is 1. The number of piperidine rings is 1. The van der Waals surface area contributed by atoms with Gasteiger partial charge in [0, 0.05) is 30.4 Å². The number of benzene rings is 1. The zero-order valence-corrected chi connectivity index (χ0v) is 16.9. The largest absolute Gasteiger partial charge is 0.437 e. The lowest BCUT2D eigenvalue weighted by molar-refractivity contribution is 0.0711. The maximum absolute atomic E-state index is 12.8. The number of pyridine rings is 1. The van der Waals surface area contributed by atoms with Crippen LogP contribution in [0, 0.1) is 0 Å². The molecule has 0 atom stereocenters. The minimum absolute atomic E-state index is 0. The normalized spacial score (nSPS) is 14.2. The third-order valence-electron chi connectivity index (χ3n) is 3.93. The van der Waals surface area contributed by atoms with Crippen molar-refractivity contribution in [2.75, 3.05) is 13.1 Å². The van der Waals surface area contributed by atoms with Gasteiger partial charge in [0.15, 0.2) is 0 Å². The fourth-order valence-corrected chi connectivity index (χ4v) is 3.02. The number of rotatable bonds is 3. The summed E-state index contributed by atoms with van der Waals surface area (Å²) in [5.41, 5.74) is 6.30. The Balaban J connectivity index is 0.00000169. The fraction of sp³-hybridized carbons (Fsp3) is 0.294.